The van der Waals surface area contributed by atoms with E-state index in [4.69, 9.17) is 34.2 Å². The number of aldehydes is 1. The van der Waals surface area contributed by atoms with Crippen LogP contribution in [0.3, 0.4) is 0 Å². The molecule has 0 amide bonds. The highest BCUT2D eigenvalue weighted by Gasteiger charge is 2.14. The van der Waals surface area contributed by atoms with E-state index in [1.165, 1.54) is 122 Å². The van der Waals surface area contributed by atoms with Gasteiger partial charge in [0.05, 0.1) is 13.0 Å². The van der Waals surface area contributed by atoms with Crippen LogP contribution in [0.1, 0.15) is 220 Å². The van der Waals surface area contributed by atoms with Gasteiger partial charge in [0.15, 0.2) is 12.6 Å². The van der Waals surface area contributed by atoms with E-state index < -0.39 is 0 Å². The van der Waals surface area contributed by atoms with Gasteiger partial charge in [-0.1, -0.05) is 150 Å². The Morgan fingerprint density at radius 1 is 0.492 bits per heavy atom. The minimum atomic E-state index is -0.314. The molecule has 0 rings (SSSR count). The van der Waals surface area contributed by atoms with Crippen molar-refractivity contribution in [1.29, 1.82) is 0 Å². The van der Waals surface area contributed by atoms with Gasteiger partial charge in [-0.2, -0.15) is 0 Å². The fourth-order valence-corrected chi connectivity index (χ4v) is 6.71. The highest BCUT2D eigenvalue weighted by molar-refractivity contribution is 5.69. The molecule has 59 heavy (non-hydrogen) atoms. The van der Waals surface area contributed by atoms with Crippen LogP contribution in [0, 0.1) is 0 Å². The number of hydrogen-bond acceptors (Lipinski definition) is 10. The molecule has 0 saturated carbocycles. The fourth-order valence-electron chi connectivity index (χ4n) is 6.71. The van der Waals surface area contributed by atoms with Crippen molar-refractivity contribution in [2.24, 2.45) is 5.73 Å². The second-order valence-electron chi connectivity index (χ2n) is 16.2. The van der Waals surface area contributed by atoms with Crippen molar-refractivity contribution < 1.29 is 38.0 Å². The Bertz CT molecular complexity index is 790. The summed E-state index contributed by atoms with van der Waals surface area (Å²) in [6, 6.07) is 0. The molecule has 0 aromatic carbocycles. The Labute approximate surface area is 365 Å². The number of unbranched alkanes of at least 4 members (excludes halogenated alkanes) is 19. The second kappa shape index (κ2) is 53.0. The average Bonchev–Trinajstić information content (AvgIpc) is 3.24. The number of esters is 1. The molecule has 0 aromatic heterocycles. The SMILES string of the molecule is CCCCCCCCOC(CCC(=O)OCCCN(CCCN)CCCOC)OCCCCCCCC.CCCCCCCCOC(CCC=O)OCCCCCCC. The van der Waals surface area contributed by atoms with Gasteiger partial charge in [-0.05, 0) is 58.0 Å². The molecule has 0 aromatic rings. The molecule has 354 valence electrons. The van der Waals surface area contributed by atoms with Crippen LogP contribution < -0.4 is 5.73 Å². The van der Waals surface area contributed by atoms with Crippen LogP contribution in [0.4, 0.5) is 0 Å². The molecule has 0 radical (unpaired) electrons. The summed E-state index contributed by atoms with van der Waals surface area (Å²) in [5, 5.41) is 0. The Kier molecular flexibility index (Phi) is 53.9. The van der Waals surface area contributed by atoms with Crippen molar-refractivity contribution in [1.82, 2.24) is 4.90 Å². The molecule has 1 atom stereocenters. The molecule has 10 nitrogen and oxygen atoms in total. The standard InChI is InChI=1S/C30H62N2O5.C19H38O3/c1-4-6-8-10-12-14-26-36-30(37-27-15-13-11-9-7-5-2)20-19-29(33)35-28-18-24-32(22-16-21-31)23-17-25-34-3;1-3-5-7-9-11-13-18-22-19(15-14-16-20)21-17-12-10-8-6-4-2/h30H,4-28,31H2,1-3H3;16,19H,3-15,17-18H2,1-2H3. The van der Waals surface area contributed by atoms with Crippen molar-refractivity contribution in [3.8, 4) is 0 Å². The van der Waals surface area contributed by atoms with Crippen LogP contribution in [-0.2, 0) is 38.0 Å². The van der Waals surface area contributed by atoms with Crippen LogP contribution in [0.15, 0.2) is 0 Å². The van der Waals surface area contributed by atoms with Gasteiger partial charge in [0, 0.05) is 72.5 Å². The lowest BCUT2D eigenvalue weighted by molar-refractivity contribution is -0.159. The zero-order valence-corrected chi connectivity index (χ0v) is 39.8. The fraction of sp³-hybridized carbons (Fsp3) is 0.959. The molecule has 0 spiro atoms. The lowest BCUT2D eigenvalue weighted by Crippen LogP contribution is -2.30. The van der Waals surface area contributed by atoms with Gasteiger partial charge in [0.2, 0.25) is 0 Å². The predicted molar refractivity (Wildman–Crippen MR) is 247 cm³/mol. The summed E-state index contributed by atoms with van der Waals surface area (Å²) in [6.07, 6.45) is 33.9. The summed E-state index contributed by atoms with van der Waals surface area (Å²) < 4.78 is 34.3. The lowest BCUT2D eigenvalue weighted by atomic mass is 10.1. The Hall–Kier alpha value is -1.14. The Balaban J connectivity index is 0. The Morgan fingerprint density at radius 3 is 1.25 bits per heavy atom. The second-order valence-corrected chi connectivity index (χ2v) is 16.2. The number of hydrogen-bond donors (Lipinski definition) is 1. The first-order valence-electron chi connectivity index (χ1n) is 25.0. The summed E-state index contributed by atoms with van der Waals surface area (Å²) in [6.45, 7) is 16.6. The topological polar surface area (TPSA) is 119 Å². The normalized spacial score (nSPS) is 11.9. The summed E-state index contributed by atoms with van der Waals surface area (Å²) in [4.78, 5) is 25.2. The first kappa shape index (κ1) is 60.0. The van der Waals surface area contributed by atoms with E-state index in [1.54, 1.807) is 7.11 Å². The number of nitrogens with two attached hydrogens (primary N) is 1. The van der Waals surface area contributed by atoms with Crippen molar-refractivity contribution in [2.75, 3.05) is 72.9 Å². The third-order valence-corrected chi connectivity index (χ3v) is 10.4. The van der Waals surface area contributed by atoms with Crippen LogP contribution >= 0.6 is 0 Å². The van der Waals surface area contributed by atoms with E-state index in [9.17, 15) is 9.59 Å². The summed E-state index contributed by atoms with van der Waals surface area (Å²) in [5.41, 5.74) is 5.67. The Morgan fingerprint density at radius 2 is 0.864 bits per heavy atom. The molecule has 0 bridgehead atoms. The summed E-state index contributed by atoms with van der Waals surface area (Å²) in [7, 11) is 1.73. The maximum absolute atomic E-state index is 12.3. The molecule has 0 aliphatic carbocycles. The lowest BCUT2D eigenvalue weighted by Gasteiger charge is -2.22. The molecule has 0 heterocycles. The van der Waals surface area contributed by atoms with Gasteiger partial charge < -0.3 is 43.8 Å². The molecule has 0 aliphatic rings. The van der Waals surface area contributed by atoms with E-state index in [1.807, 2.05) is 0 Å². The first-order chi connectivity index (χ1) is 29.0. The number of ether oxygens (including phenoxy) is 6. The number of methoxy groups -OCH3 is 1. The number of carbonyl (C=O) groups is 2. The van der Waals surface area contributed by atoms with Crippen LogP contribution in [0.5, 0.6) is 0 Å². The molecule has 0 aliphatic heterocycles. The zero-order valence-electron chi connectivity index (χ0n) is 39.8. The molecule has 1 unspecified atom stereocenters. The van der Waals surface area contributed by atoms with Gasteiger partial charge in [-0.25, -0.2) is 0 Å². The first-order valence-corrected chi connectivity index (χ1v) is 25.0. The minimum Gasteiger partial charge on any atom is -0.466 e. The average molecular weight is 845 g/mol. The van der Waals surface area contributed by atoms with Gasteiger partial charge in [0.1, 0.15) is 6.29 Å². The number of nitrogens with zero attached hydrogens (tertiary/aromatic N) is 1. The van der Waals surface area contributed by atoms with E-state index >= 15 is 0 Å². The monoisotopic (exact) mass is 845 g/mol. The molecule has 0 saturated heterocycles. The maximum atomic E-state index is 12.3. The van der Waals surface area contributed by atoms with E-state index in [0.29, 0.717) is 52.0 Å². The van der Waals surface area contributed by atoms with Gasteiger partial charge in [0.25, 0.3) is 0 Å². The third-order valence-electron chi connectivity index (χ3n) is 10.4. The molecular weight excluding hydrogens is 745 g/mol. The van der Waals surface area contributed by atoms with Crippen molar-refractivity contribution in [3.05, 3.63) is 0 Å². The van der Waals surface area contributed by atoms with E-state index in [2.05, 4.69) is 32.6 Å². The van der Waals surface area contributed by atoms with Crippen LogP contribution in [-0.4, -0.2) is 103 Å². The highest BCUT2D eigenvalue weighted by Crippen LogP contribution is 2.13. The number of carbonyl (C=O) groups excluding carboxylic acids is 2. The van der Waals surface area contributed by atoms with Crippen LogP contribution in [0.25, 0.3) is 0 Å². The minimum absolute atomic E-state index is 0.163. The molecule has 2 N–H and O–H groups in total. The van der Waals surface area contributed by atoms with E-state index in [0.717, 1.165) is 90.7 Å². The van der Waals surface area contributed by atoms with Crippen molar-refractivity contribution in [2.45, 2.75) is 233 Å². The van der Waals surface area contributed by atoms with Gasteiger partial charge >= 0.3 is 5.97 Å². The molecule has 0 fully saturated rings. The summed E-state index contributed by atoms with van der Waals surface area (Å²) in [5.74, 6) is -0.163. The maximum Gasteiger partial charge on any atom is 0.305 e. The molecular formula is C49H100N2O8. The van der Waals surface area contributed by atoms with Gasteiger partial charge in [-0.3, -0.25) is 4.79 Å². The third kappa shape index (κ3) is 49.4. The molecule has 10 heteroatoms. The smallest absolute Gasteiger partial charge is 0.305 e. The predicted octanol–water partition coefficient (Wildman–Crippen LogP) is 12.1. The highest BCUT2D eigenvalue weighted by atomic mass is 16.7. The van der Waals surface area contributed by atoms with Crippen LogP contribution in [0.2, 0.25) is 0 Å². The largest absolute Gasteiger partial charge is 0.466 e. The van der Waals surface area contributed by atoms with Crippen molar-refractivity contribution >= 4 is 12.3 Å². The summed E-state index contributed by atoms with van der Waals surface area (Å²) >= 11 is 0. The zero-order chi connectivity index (χ0) is 43.5. The number of rotatable bonds is 48. The van der Waals surface area contributed by atoms with Gasteiger partial charge in [-0.15, -0.1) is 0 Å². The van der Waals surface area contributed by atoms with E-state index in [-0.39, 0.29) is 18.5 Å². The quantitative estimate of drug-likeness (QED) is 0.0274. The van der Waals surface area contributed by atoms with Crippen molar-refractivity contribution in [3.63, 3.8) is 0 Å².